The summed E-state index contributed by atoms with van der Waals surface area (Å²) in [7, 11) is 1.80. The summed E-state index contributed by atoms with van der Waals surface area (Å²) in [6.07, 6.45) is 5.80. The highest BCUT2D eigenvalue weighted by molar-refractivity contribution is 5.91. The maximum atomic E-state index is 13.5. The minimum absolute atomic E-state index is 0.0361. The topological polar surface area (TPSA) is 196 Å². The summed E-state index contributed by atoms with van der Waals surface area (Å²) in [4.78, 5) is 35.0. The molecule has 12 nitrogen and oxygen atoms in total. The maximum Gasteiger partial charge on any atom is 0.334 e. The van der Waals surface area contributed by atoms with Crippen molar-refractivity contribution >= 4 is 28.6 Å². The number of allylic oxidation sites excluding steroid dienone is 1. The summed E-state index contributed by atoms with van der Waals surface area (Å²) < 4.78 is 19.0. The van der Waals surface area contributed by atoms with E-state index in [2.05, 4.69) is 15.3 Å². The van der Waals surface area contributed by atoms with Gasteiger partial charge in [-0.3, -0.25) is 4.79 Å². The number of rotatable bonds is 11. The molecule has 4 heterocycles. The molecule has 7 N–H and O–H groups in total. The fourth-order valence-corrected chi connectivity index (χ4v) is 5.77. The lowest BCUT2D eigenvalue weighted by Gasteiger charge is -2.43. The van der Waals surface area contributed by atoms with E-state index in [1.165, 1.54) is 0 Å². The van der Waals surface area contributed by atoms with Crippen molar-refractivity contribution in [1.82, 2.24) is 15.3 Å². The zero-order valence-electron chi connectivity index (χ0n) is 26.1. The molecular weight excluding hydrogens is 590 g/mol. The highest BCUT2D eigenvalue weighted by Crippen LogP contribution is 2.48. The molecule has 0 spiro atoms. The van der Waals surface area contributed by atoms with Crippen LogP contribution in [0.2, 0.25) is 0 Å². The van der Waals surface area contributed by atoms with E-state index in [4.69, 9.17) is 25.4 Å². The van der Waals surface area contributed by atoms with Gasteiger partial charge in [0.05, 0.1) is 0 Å². The molecule has 5 rings (SSSR count). The maximum absolute atomic E-state index is 13.5. The van der Waals surface area contributed by atoms with Gasteiger partial charge in [0.15, 0.2) is 5.43 Å². The number of hydrogen-bond donors (Lipinski definition) is 5. The van der Waals surface area contributed by atoms with Gasteiger partial charge in [0, 0.05) is 48.0 Å². The van der Waals surface area contributed by atoms with Crippen molar-refractivity contribution in [2.75, 3.05) is 25.1 Å². The van der Waals surface area contributed by atoms with Crippen molar-refractivity contribution in [3.63, 3.8) is 0 Å². The number of aryl methyl sites for hydroxylation is 1. The van der Waals surface area contributed by atoms with Gasteiger partial charge in [0.1, 0.15) is 58.2 Å². The number of aromatic nitrogens is 2. The Bertz CT molecular complexity index is 1840. The van der Waals surface area contributed by atoms with Crippen LogP contribution in [0.1, 0.15) is 54.7 Å². The van der Waals surface area contributed by atoms with Crippen LogP contribution in [0.15, 0.2) is 63.6 Å². The monoisotopic (exact) mass is 629 g/mol. The summed E-state index contributed by atoms with van der Waals surface area (Å²) in [6.45, 7) is 3.71. The number of benzene rings is 1. The molecule has 0 radical (unpaired) electrons. The molecule has 2 unspecified atom stereocenters. The van der Waals surface area contributed by atoms with Crippen molar-refractivity contribution in [3.8, 4) is 11.5 Å². The van der Waals surface area contributed by atoms with Crippen molar-refractivity contribution in [2.45, 2.75) is 64.3 Å². The van der Waals surface area contributed by atoms with E-state index in [9.17, 15) is 19.8 Å². The van der Waals surface area contributed by atoms with Gasteiger partial charge in [-0.25, -0.2) is 14.8 Å². The molecule has 3 aromatic heterocycles. The van der Waals surface area contributed by atoms with Crippen LogP contribution in [-0.2, 0) is 35.4 Å². The minimum Gasteiger partial charge on any atom is -0.507 e. The van der Waals surface area contributed by atoms with Gasteiger partial charge in [0.25, 0.3) is 0 Å². The summed E-state index contributed by atoms with van der Waals surface area (Å²) in [6, 6.07) is 8.22. The Hall–Kier alpha value is -4.94. The Morgan fingerprint density at radius 2 is 2.00 bits per heavy atom. The summed E-state index contributed by atoms with van der Waals surface area (Å²) >= 11 is 0. The number of nitrogens with zero attached hydrogens (tertiary/aromatic N) is 2. The number of anilines is 2. The standard InChI is InChI=1S/C34H39N5O7/c1-4-21(9-11-37-3)33(43)45-26-16-23-30(42)29-25(41)15-22(18-40)44-32(29)24(13-20-8-12-38-28(36)14-20)31(23)46-34(26,2)10-7-19-5-6-27(35)39-17-19/h4-6,8,12,14-15,17,26,37,40,42H,7,9-11,13,16,18H2,1-3H3,(H2,35,39)(H2,36,38). The van der Waals surface area contributed by atoms with E-state index >= 15 is 0 Å². The third-order valence-electron chi connectivity index (χ3n) is 8.39. The lowest BCUT2D eigenvalue weighted by molar-refractivity contribution is -0.159. The molecule has 1 aliphatic rings. The number of nitrogens with two attached hydrogens (primary N) is 2. The third kappa shape index (κ3) is 6.68. The number of aliphatic hydroxyl groups is 1. The van der Waals surface area contributed by atoms with Crippen LogP contribution in [0.4, 0.5) is 11.6 Å². The van der Waals surface area contributed by atoms with Gasteiger partial charge < -0.3 is 40.9 Å². The van der Waals surface area contributed by atoms with E-state index < -0.39 is 29.7 Å². The summed E-state index contributed by atoms with van der Waals surface area (Å²) in [5.74, 6) is 0.236. The SMILES string of the molecule is CC=C(CCNC)C(=O)OC1Cc2c(c(Cc3ccnc(N)c3)c3oc(CO)cc(=O)c3c2O)OC1(C)CCc1ccc(N)nc1. The summed E-state index contributed by atoms with van der Waals surface area (Å²) in [5, 5.41) is 24.4. The van der Waals surface area contributed by atoms with E-state index in [1.807, 2.05) is 13.0 Å². The largest absolute Gasteiger partial charge is 0.507 e. The average Bonchev–Trinajstić information content (AvgIpc) is 3.03. The van der Waals surface area contributed by atoms with E-state index in [0.29, 0.717) is 59.9 Å². The normalized spacial score (nSPS) is 17.8. The van der Waals surface area contributed by atoms with Gasteiger partial charge in [0.2, 0.25) is 0 Å². The van der Waals surface area contributed by atoms with Crippen molar-refractivity contribution in [1.29, 1.82) is 0 Å². The molecule has 242 valence electrons. The van der Waals surface area contributed by atoms with E-state index in [1.54, 1.807) is 50.6 Å². The predicted molar refractivity (Wildman–Crippen MR) is 173 cm³/mol. The number of phenolic OH excluding ortho intramolecular Hbond substituents is 1. The Kier molecular flexibility index (Phi) is 9.59. The van der Waals surface area contributed by atoms with Crippen LogP contribution in [0.25, 0.3) is 11.0 Å². The highest BCUT2D eigenvalue weighted by atomic mass is 16.6. The summed E-state index contributed by atoms with van der Waals surface area (Å²) in [5.41, 5.74) is 13.2. The molecule has 0 bridgehead atoms. The zero-order chi connectivity index (χ0) is 33.0. The van der Waals surface area contributed by atoms with Crippen LogP contribution in [-0.4, -0.2) is 51.4 Å². The number of nitrogen functional groups attached to an aromatic ring is 2. The molecule has 0 amide bonds. The first kappa shape index (κ1) is 32.5. The molecule has 0 saturated carbocycles. The number of hydrogen-bond acceptors (Lipinski definition) is 12. The van der Waals surface area contributed by atoms with Crippen molar-refractivity contribution < 1.29 is 28.9 Å². The van der Waals surface area contributed by atoms with Crippen LogP contribution in [0.3, 0.4) is 0 Å². The lowest BCUT2D eigenvalue weighted by Crippen LogP contribution is -2.52. The van der Waals surface area contributed by atoms with Crippen LogP contribution in [0, 0.1) is 0 Å². The number of esters is 1. The van der Waals surface area contributed by atoms with Gasteiger partial charge >= 0.3 is 5.97 Å². The Morgan fingerprint density at radius 1 is 1.20 bits per heavy atom. The second kappa shape index (κ2) is 13.6. The third-order valence-corrected chi connectivity index (χ3v) is 8.39. The van der Waals surface area contributed by atoms with Gasteiger partial charge in [-0.1, -0.05) is 12.1 Å². The van der Waals surface area contributed by atoms with E-state index in [0.717, 1.165) is 17.2 Å². The molecular formula is C34H39N5O7. The minimum atomic E-state index is -1.09. The first-order valence-electron chi connectivity index (χ1n) is 15.1. The van der Waals surface area contributed by atoms with E-state index in [-0.39, 0.29) is 35.3 Å². The van der Waals surface area contributed by atoms with Crippen LogP contribution in [0.5, 0.6) is 11.5 Å². The number of aliphatic hydroxyl groups excluding tert-OH is 1. The molecule has 4 aromatic rings. The number of phenols is 1. The number of fused-ring (bicyclic) bond motifs is 2. The van der Waals surface area contributed by atoms with Gasteiger partial charge in [-0.2, -0.15) is 0 Å². The number of carbonyl (C=O) groups is 1. The fourth-order valence-electron chi connectivity index (χ4n) is 5.77. The van der Waals surface area contributed by atoms with Gasteiger partial charge in [-0.05, 0) is 76.0 Å². The molecule has 0 fully saturated rings. The number of ether oxygens (including phenoxy) is 2. The first-order chi connectivity index (χ1) is 22.1. The average molecular weight is 630 g/mol. The van der Waals surface area contributed by atoms with Crippen LogP contribution < -0.4 is 26.9 Å². The smallest absolute Gasteiger partial charge is 0.334 e. The van der Waals surface area contributed by atoms with Crippen LogP contribution >= 0.6 is 0 Å². The Labute approximate surface area is 266 Å². The number of nitrogens with one attached hydrogen (secondary N) is 1. The van der Waals surface area contributed by atoms with Crippen molar-refractivity contribution in [2.24, 2.45) is 0 Å². The zero-order valence-corrected chi connectivity index (χ0v) is 26.1. The van der Waals surface area contributed by atoms with Gasteiger partial charge in [-0.15, -0.1) is 0 Å². The second-order valence-corrected chi connectivity index (χ2v) is 11.6. The Balaban J connectivity index is 1.66. The molecule has 2 atom stereocenters. The predicted octanol–water partition coefficient (Wildman–Crippen LogP) is 3.33. The highest BCUT2D eigenvalue weighted by Gasteiger charge is 2.46. The first-order valence-corrected chi connectivity index (χ1v) is 15.1. The molecule has 12 heteroatoms. The molecule has 46 heavy (non-hydrogen) atoms. The second-order valence-electron chi connectivity index (χ2n) is 11.6. The van der Waals surface area contributed by atoms with Crippen molar-refractivity contribution in [3.05, 3.63) is 92.6 Å². The molecule has 0 saturated heterocycles. The number of pyridine rings is 2. The number of aromatic hydroxyl groups is 1. The molecule has 1 aromatic carbocycles. The fraction of sp³-hybridized carbons (Fsp3) is 0.353. The Morgan fingerprint density at radius 3 is 2.67 bits per heavy atom. The molecule has 0 aliphatic carbocycles. The quantitative estimate of drug-likeness (QED) is 0.120. The number of carbonyl (C=O) groups excluding carboxylic acids is 1. The lowest BCUT2D eigenvalue weighted by atomic mass is 9.82. The molecule has 1 aliphatic heterocycles.